The van der Waals surface area contributed by atoms with E-state index in [1.54, 1.807) is 31.4 Å². The van der Waals surface area contributed by atoms with Crippen molar-refractivity contribution in [2.75, 3.05) is 57.8 Å². The summed E-state index contributed by atoms with van der Waals surface area (Å²) in [5.41, 5.74) is 2.39. The van der Waals surface area contributed by atoms with Gasteiger partial charge in [0.1, 0.15) is 11.5 Å². The van der Waals surface area contributed by atoms with Gasteiger partial charge in [-0.15, -0.1) is 0 Å². The molecule has 0 unspecified atom stereocenters. The van der Waals surface area contributed by atoms with Gasteiger partial charge in [0.05, 0.1) is 19.8 Å². The predicted molar refractivity (Wildman–Crippen MR) is 129 cm³/mol. The van der Waals surface area contributed by atoms with Crippen LogP contribution < -0.4 is 25.0 Å². The average Bonchev–Trinajstić information content (AvgIpc) is 2.86. The summed E-state index contributed by atoms with van der Waals surface area (Å²) in [5, 5.41) is 5.86. The maximum absolute atomic E-state index is 13.0. The van der Waals surface area contributed by atoms with Crippen molar-refractivity contribution in [3.05, 3.63) is 47.5 Å². The van der Waals surface area contributed by atoms with Crippen LogP contribution in [0.1, 0.15) is 46.4 Å². The van der Waals surface area contributed by atoms with Crippen LogP contribution in [0.3, 0.4) is 0 Å². The lowest BCUT2D eigenvalue weighted by Crippen LogP contribution is -2.33. The van der Waals surface area contributed by atoms with E-state index in [0.717, 1.165) is 38.0 Å². The number of methoxy groups -OCH3 is 3. The topological polar surface area (TPSA) is 89.1 Å². The normalized spacial score (nSPS) is 13.4. The van der Waals surface area contributed by atoms with Gasteiger partial charge in [0.25, 0.3) is 11.8 Å². The highest BCUT2D eigenvalue weighted by molar-refractivity contribution is 6.06. The Bertz CT molecular complexity index is 935. The molecule has 2 aromatic carbocycles. The van der Waals surface area contributed by atoms with Crippen LogP contribution in [0, 0.1) is 0 Å². The molecule has 3 rings (SSSR count). The van der Waals surface area contributed by atoms with Crippen LogP contribution in [0.25, 0.3) is 0 Å². The summed E-state index contributed by atoms with van der Waals surface area (Å²) in [6.45, 7) is 2.93. The van der Waals surface area contributed by atoms with Gasteiger partial charge >= 0.3 is 0 Å². The summed E-state index contributed by atoms with van der Waals surface area (Å²) >= 11 is 0. The summed E-state index contributed by atoms with van der Waals surface area (Å²) in [6.07, 6.45) is 4.14. The lowest BCUT2D eigenvalue weighted by Gasteiger charge is -2.30. The van der Waals surface area contributed by atoms with E-state index in [9.17, 15) is 9.59 Å². The zero-order valence-electron chi connectivity index (χ0n) is 19.6. The van der Waals surface area contributed by atoms with Crippen molar-refractivity contribution in [2.45, 2.75) is 25.7 Å². The van der Waals surface area contributed by atoms with Crippen molar-refractivity contribution in [3.63, 3.8) is 0 Å². The van der Waals surface area contributed by atoms with Gasteiger partial charge in [0, 0.05) is 56.4 Å². The Balaban J connectivity index is 1.83. The van der Waals surface area contributed by atoms with Crippen LogP contribution in [0.4, 0.5) is 11.4 Å². The second-order valence-corrected chi connectivity index (χ2v) is 7.94. The maximum Gasteiger partial charge on any atom is 0.255 e. The fourth-order valence-corrected chi connectivity index (χ4v) is 3.86. The van der Waals surface area contributed by atoms with Crippen LogP contribution >= 0.6 is 0 Å². The predicted octanol–water partition coefficient (Wildman–Crippen LogP) is 3.71. The zero-order chi connectivity index (χ0) is 23.6. The first kappa shape index (κ1) is 24.4. The third-order valence-electron chi connectivity index (χ3n) is 5.62. The third kappa shape index (κ3) is 6.61. The fraction of sp³-hybridized carbons (Fsp3) is 0.440. The highest BCUT2D eigenvalue weighted by Gasteiger charge is 2.20. The molecule has 0 radical (unpaired) electrons. The molecular weight excluding hydrogens is 422 g/mol. The first-order valence-electron chi connectivity index (χ1n) is 11.3. The number of ether oxygens (including phenoxy) is 3. The van der Waals surface area contributed by atoms with Crippen LogP contribution in [0.2, 0.25) is 0 Å². The number of hydrogen-bond donors (Lipinski definition) is 2. The molecule has 1 fully saturated rings. The number of piperidine rings is 1. The first-order chi connectivity index (χ1) is 16.0. The second kappa shape index (κ2) is 12.1. The number of benzene rings is 2. The van der Waals surface area contributed by atoms with Crippen LogP contribution in [-0.2, 0) is 4.74 Å². The summed E-state index contributed by atoms with van der Waals surface area (Å²) in [4.78, 5) is 28.2. The summed E-state index contributed by atoms with van der Waals surface area (Å²) in [6, 6.07) is 10.5. The molecule has 8 nitrogen and oxygen atoms in total. The van der Waals surface area contributed by atoms with Gasteiger partial charge in [-0.25, -0.2) is 0 Å². The Morgan fingerprint density at radius 3 is 2.24 bits per heavy atom. The van der Waals surface area contributed by atoms with Crippen molar-refractivity contribution in [1.29, 1.82) is 0 Å². The number of amides is 2. The molecule has 2 amide bonds. The lowest BCUT2D eigenvalue weighted by molar-refractivity contribution is 0.0947. The molecule has 0 spiro atoms. The molecule has 2 aromatic rings. The molecule has 1 heterocycles. The minimum Gasteiger partial charge on any atom is -0.497 e. The average molecular weight is 456 g/mol. The quantitative estimate of drug-likeness (QED) is 0.531. The van der Waals surface area contributed by atoms with Crippen molar-refractivity contribution in [1.82, 2.24) is 5.32 Å². The van der Waals surface area contributed by atoms with Gasteiger partial charge in [-0.1, -0.05) is 0 Å². The number of carbonyl (C=O) groups is 2. The van der Waals surface area contributed by atoms with Gasteiger partial charge < -0.3 is 29.7 Å². The van der Waals surface area contributed by atoms with Crippen molar-refractivity contribution >= 4 is 23.2 Å². The molecule has 0 aromatic heterocycles. The van der Waals surface area contributed by atoms with E-state index in [-0.39, 0.29) is 11.8 Å². The Kier molecular flexibility index (Phi) is 8.95. The van der Waals surface area contributed by atoms with E-state index >= 15 is 0 Å². The zero-order valence-corrected chi connectivity index (χ0v) is 19.6. The van der Waals surface area contributed by atoms with Crippen LogP contribution in [-0.4, -0.2) is 59.4 Å². The van der Waals surface area contributed by atoms with Gasteiger partial charge in [-0.2, -0.15) is 0 Å². The minimum absolute atomic E-state index is 0.161. The van der Waals surface area contributed by atoms with Crippen molar-refractivity contribution < 1.29 is 23.8 Å². The maximum atomic E-state index is 13.0. The van der Waals surface area contributed by atoms with Crippen molar-refractivity contribution in [3.8, 4) is 11.5 Å². The molecule has 0 atom stereocenters. The molecule has 8 heteroatoms. The van der Waals surface area contributed by atoms with E-state index in [4.69, 9.17) is 14.2 Å². The molecular formula is C25H33N3O5. The Hall–Kier alpha value is -3.26. The van der Waals surface area contributed by atoms with Gasteiger partial charge in [0.2, 0.25) is 0 Å². The summed E-state index contributed by atoms with van der Waals surface area (Å²) in [7, 11) is 4.71. The number of nitrogens with zero attached hydrogens (tertiary/aromatic N) is 1. The molecule has 0 saturated carbocycles. The fourth-order valence-electron chi connectivity index (χ4n) is 3.86. The van der Waals surface area contributed by atoms with E-state index < -0.39 is 0 Å². The molecule has 1 aliphatic heterocycles. The van der Waals surface area contributed by atoms with Crippen LogP contribution in [0.5, 0.6) is 11.5 Å². The van der Waals surface area contributed by atoms with E-state index in [1.807, 2.05) is 12.1 Å². The molecule has 1 saturated heterocycles. The number of carbonyl (C=O) groups excluding carboxylic acids is 2. The monoisotopic (exact) mass is 455 g/mol. The first-order valence-corrected chi connectivity index (χ1v) is 11.3. The molecule has 0 aliphatic carbocycles. The largest absolute Gasteiger partial charge is 0.497 e. The van der Waals surface area contributed by atoms with Gasteiger partial charge in [-0.3, -0.25) is 9.59 Å². The van der Waals surface area contributed by atoms with E-state index in [1.165, 1.54) is 20.6 Å². The lowest BCUT2D eigenvalue weighted by atomic mass is 10.1. The number of anilines is 2. The number of nitrogens with one attached hydrogen (secondary N) is 2. The van der Waals surface area contributed by atoms with Gasteiger partial charge in [-0.05, 0) is 56.0 Å². The molecule has 2 N–H and O–H groups in total. The SMILES string of the molecule is COCCCNC(=O)c1cc(NC(=O)c2cc(OC)cc(OC)c2)ccc1N1CCCCC1. The Labute approximate surface area is 195 Å². The highest BCUT2D eigenvalue weighted by Crippen LogP contribution is 2.28. The highest BCUT2D eigenvalue weighted by atomic mass is 16.5. The summed E-state index contributed by atoms with van der Waals surface area (Å²) in [5.74, 6) is 0.572. The van der Waals surface area contributed by atoms with E-state index in [2.05, 4.69) is 15.5 Å². The second-order valence-electron chi connectivity index (χ2n) is 7.94. The molecule has 178 valence electrons. The van der Waals surface area contributed by atoms with Gasteiger partial charge in [0.15, 0.2) is 0 Å². The minimum atomic E-state index is -0.315. The summed E-state index contributed by atoms with van der Waals surface area (Å²) < 4.78 is 15.6. The molecule has 0 bridgehead atoms. The Morgan fingerprint density at radius 1 is 0.909 bits per heavy atom. The third-order valence-corrected chi connectivity index (χ3v) is 5.62. The van der Waals surface area contributed by atoms with Crippen LogP contribution in [0.15, 0.2) is 36.4 Å². The van der Waals surface area contributed by atoms with E-state index in [0.29, 0.717) is 41.5 Å². The number of hydrogen-bond acceptors (Lipinski definition) is 6. The molecule has 1 aliphatic rings. The standard InChI is InChI=1S/C25H33N3O5/c1-31-13-7-10-26-25(30)22-16-19(8-9-23(22)28-11-5-4-6-12-28)27-24(29)18-14-20(32-2)17-21(15-18)33-3/h8-9,14-17H,4-7,10-13H2,1-3H3,(H,26,30)(H,27,29). The molecule has 33 heavy (non-hydrogen) atoms. The smallest absolute Gasteiger partial charge is 0.255 e. The Morgan fingerprint density at radius 2 is 1.61 bits per heavy atom. The number of rotatable bonds is 10. The van der Waals surface area contributed by atoms with Crippen molar-refractivity contribution in [2.24, 2.45) is 0 Å².